The topological polar surface area (TPSA) is 72.9 Å². The summed E-state index contributed by atoms with van der Waals surface area (Å²) in [7, 11) is 0. The fourth-order valence-corrected chi connectivity index (χ4v) is 3.47. The first kappa shape index (κ1) is 16.0. The summed E-state index contributed by atoms with van der Waals surface area (Å²) < 4.78 is 7.56. The average molecular weight is 338 g/mol. The van der Waals surface area contributed by atoms with Gasteiger partial charge in [0.1, 0.15) is 0 Å². The standard InChI is InChI=1S/C18H22N6O/c1-13-9-14(2)24(21-13)11-16-6-4-8-23(16)12-17-20-18(22-25-17)15-5-3-7-19-10-15/h3,5,7,9-10,16H,4,6,8,11-12H2,1-2H3. The first-order valence-electron chi connectivity index (χ1n) is 8.67. The molecular weight excluding hydrogens is 316 g/mol. The van der Waals surface area contributed by atoms with Crippen molar-refractivity contribution in [3.63, 3.8) is 0 Å². The Labute approximate surface area is 146 Å². The Morgan fingerprint density at radius 3 is 3.00 bits per heavy atom. The summed E-state index contributed by atoms with van der Waals surface area (Å²) in [5, 5.41) is 8.68. The maximum Gasteiger partial charge on any atom is 0.241 e. The average Bonchev–Trinajstić information content (AvgIpc) is 3.32. The molecule has 4 rings (SSSR count). The number of hydrogen-bond acceptors (Lipinski definition) is 6. The van der Waals surface area contributed by atoms with Crippen LogP contribution in [0.1, 0.15) is 30.1 Å². The zero-order valence-corrected chi connectivity index (χ0v) is 14.6. The molecule has 25 heavy (non-hydrogen) atoms. The van der Waals surface area contributed by atoms with Crippen LogP contribution < -0.4 is 0 Å². The van der Waals surface area contributed by atoms with Gasteiger partial charge in [-0.25, -0.2) is 0 Å². The second-order valence-electron chi connectivity index (χ2n) is 6.63. The van der Waals surface area contributed by atoms with Crippen LogP contribution in [0.25, 0.3) is 11.4 Å². The Bertz CT molecular complexity index is 840. The molecule has 3 aromatic heterocycles. The molecule has 0 amide bonds. The predicted molar refractivity (Wildman–Crippen MR) is 92.7 cm³/mol. The van der Waals surface area contributed by atoms with Gasteiger partial charge in [0, 0.05) is 29.7 Å². The number of likely N-dealkylation sites (tertiary alicyclic amines) is 1. The molecule has 0 spiro atoms. The van der Waals surface area contributed by atoms with Gasteiger partial charge in [0.05, 0.1) is 18.8 Å². The van der Waals surface area contributed by atoms with Crippen molar-refractivity contribution in [1.29, 1.82) is 0 Å². The highest BCUT2D eigenvalue weighted by molar-refractivity contribution is 5.51. The molecule has 0 aliphatic carbocycles. The molecule has 1 saturated heterocycles. The van der Waals surface area contributed by atoms with Gasteiger partial charge in [-0.05, 0) is 51.4 Å². The van der Waals surface area contributed by atoms with Gasteiger partial charge in [-0.1, -0.05) is 5.16 Å². The van der Waals surface area contributed by atoms with E-state index in [2.05, 4.69) is 42.8 Å². The Morgan fingerprint density at radius 2 is 2.24 bits per heavy atom. The van der Waals surface area contributed by atoms with Crippen LogP contribution in [-0.4, -0.2) is 42.4 Å². The number of aryl methyl sites for hydroxylation is 2. The molecule has 0 radical (unpaired) electrons. The van der Waals surface area contributed by atoms with Gasteiger partial charge in [0.15, 0.2) is 0 Å². The Kier molecular flexibility index (Phi) is 4.31. The molecular formula is C18H22N6O. The highest BCUT2D eigenvalue weighted by Gasteiger charge is 2.27. The summed E-state index contributed by atoms with van der Waals surface area (Å²) in [5.74, 6) is 1.25. The molecule has 1 fully saturated rings. The van der Waals surface area contributed by atoms with E-state index >= 15 is 0 Å². The Balaban J connectivity index is 1.45. The summed E-state index contributed by atoms with van der Waals surface area (Å²) in [6.07, 6.45) is 5.84. The van der Waals surface area contributed by atoms with Crippen molar-refractivity contribution < 1.29 is 4.52 Å². The lowest BCUT2D eigenvalue weighted by atomic mass is 10.2. The fourth-order valence-electron chi connectivity index (χ4n) is 3.47. The van der Waals surface area contributed by atoms with E-state index < -0.39 is 0 Å². The molecule has 1 aliphatic rings. The second-order valence-corrected chi connectivity index (χ2v) is 6.63. The third-order valence-corrected chi connectivity index (χ3v) is 4.71. The highest BCUT2D eigenvalue weighted by atomic mass is 16.5. The maximum atomic E-state index is 5.45. The smallest absolute Gasteiger partial charge is 0.241 e. The van der Waals surface area contributed by atoms with Crippen LogP contribution in [0.15, 0.2) is 35.1 Å². The minimum Gasteiger partial charge on any atom is -0.338 e. The van der Waals surface area contributed by atoms with Crippen LogP contribution in [0.2, 0.25) is 0 Å². The van der Waals surface area contributed by atoms with Gasteiger partial charge in [-0.15, -0.1) is 0 Å². The highest BCUT2D eigenvalue weighted by Crippen LogP contribution is 2.22. The summed E-state index contributed by atoms with van der Waals surface area (Å²) >= 11 is 0. The third-order valence-electron chi connectivity index (χ3n) is 4.71. The van der Waals surface area contributed by atoms with Crippen LogP contribution in [0.5, 0.6) is 0 Å². The summed E-state index contributed by atoms with van der Waals surface area (Å²) in [6, 6.07) is 6.38. The minimum absolute atomic E-state index is 0.451. The van der Waals surface area contributed by atoms with Crippen LogP contribution in [0.4, 0.5) is 0 Å². The van der Waals surface area contributed by atoms with Gasteiger partial charge in [-0.3, -0.25) is 14.6 Å². The van der Waals surface area contributed by atoms with E-state index in [1.165, 1.54) is 18.5 Å². The zero-order chi connectivity index (χ0) is 17.2. The molecule has 3 aromatic rings. The maximum absolute atomic E-state index is 5.45. The third kappa shape index (κ3) is 3.46. The van der Waals surface area contributed by atoms with Gasteiger partial charge >= 0.3 is 0 Å². The molecule has 7 heteroatoms. The molecule has 1 atom stereocenters. The van der Waals surface area contributed by atoms with Gasteiger partial charge in [-0.2, -0.15) is 10.1 Å². The first-order chi connectivity index (χ1) is 12.2. The molecule has 1 unspecified atom stereocenters. The van der Waals surface area contributed by atoms with Gasteiger partial charge < -0.3 is 4.52 Å². The number of aromatic nitrogens is 5. The van der Waals surface area contributed by atoms with E-state index in [9.17, 15) is 0 Å². The van der Waals surface area contributed by atoms with E-state index in [1.54, 1.807) is 12.4 Å². The summed E-state index contributed by atoms with van der Waals surface area (Å²) in [6.45, 7) is 6.78. The van der Waals surface area contributed by atoms with Crippen molar-refractivity contribution in [1.82, 2.24) is 29.8 Å². The van der Waals surface area contributed by atoms with E-state index in [1.807, 2.05) is 19.1 Å². The number of pyridine rings is 1. The van der Waals surface area contributed by atoms with Crippen molar-refractivity contribution in [3.8, 4) is 11.4 Å². The van der Waals surface area contributed by atoms with Crippen molar-refractivity contribution in [2.45, 2.75) is 45.8 Å². The Morgan fingerprint density at radius 1 is 1.32 bits per heavy atom. The second kappa shape index (κ2) is 6.76. The molecule has 0 aromatic carbocycles. The molecule has 130 valence electrons. The lowest BCUT2D eigenvalue weighted by Gasteiger charge is -2.23. The van der Waals surface area contributed by atoms with Gasteiger partial charge in [0.25, 0.3) is 0 Å². The summed E-state index contributed by atoms with van der Waals surface area (Å²) in [4.78, 5) is 11.0. The molecule has 4 heterocycles. The van der Waals surface area contributed by atoms with Crippen molar-refractivity contribution >= 4 is 0 Å². The monoisotopic (exact) mass is 338 g/mol. The minimum atomic E-state index is 0.451. The predicted octanol–water partition coefficient (Wildman–Crippen LogP) is 2.61. The number of nitrogens with zero attached hydrogens (tertiary/aromatic N) is 6. The van der Waals surface area contributed by atoms with Crippen LogP contribution in [0, 0.1) is 13.8 Å². The fraction of sp³-hybridized carbons (Fsp3) is 0.444. The van der Waals surface area contributed by atoms with E-state index in [0.717, 1.165) is 24.3 Å². The Hall–Kier alpha value is -2.54. The van der Waals surface area contributed by atoms with Crippen molar-refractivity contribution in [3.05, 3.63) is 47.9 Å². The first-order valence-corrected chi connectivity index (χ1v) is 8.67. The quantitative estimate of drug-likeness (QED) is 0.712. The summed E-state index contributed by atoms with van der Waals surface area (Å²) in [5.41, 5.74) is 3.15. The molecule has 1 aliphatic heterocycles. The molecule has 0 saturated carbocycles. The van der Waals surface area contributed by atoms with Crippen LogP contribution in [-0.2, 0) is 13.1 Å². The van der Waals surface area contributed by atoms with Crippen molar-refractivity contribution in [2.24, 2.45) is 0 Å². The SMILES string of the molecule is Cc1cc(C)n(CC2CCCN2Cc2nc(-c3cccnc3)no2)n1. The van der Waals surface area contributed by atoms with Crippen molar-refractivity contribution in [2.75, 3.05) is 6.54 Å². The van der Waals surface area contributed by atoms with Crippen LogP contribution >= 0.6 is 0 Å². The molecule has 0 bridgehead atoms. The number of hydrogen-bond donors (Lipinski definition) is 0. The lowest BCUT2D eigenvalue weighted by molar-refractivity contribution is 0.191. The van der Waals surface area contributed by atoms with E-state index in [0.29, 0.717) is 24.3 Å². The normalized spacial score (nSPS) is 18.1. The lowest BCUT2D eigenvalue weighted by Crippen LogP contribution is -2.33. The largest absolute Gasteiger partial charge is 0.338 e. The van der Waals surface area contributed by atoms with E-state index in [-0.39, 0.29) is 0 Å². The number of rotatable bonds is 5. The van der Waals surface area contributed by atoms with Gasteiger partial charge in [0.2, 0.25) is 11.7 Å². The molecule has 0 N–H and O–H groups in total. The van der Waals surface area contributed by atoms with Crippen LogP contribution in [0.3, 0.4) is 0 Å². The molecule has 7 nitrogen and oxygen atoms in total. The zero-order valence-electron chi connectivity index (χ0n) is 14.6. The van der Waals surface area contributed by atoms with E-state index in [4.69, 9.17) is 4.52 Å².